The van der Waals surface area contributed by atoms with Crippen molar-refractivity contribution in [3.63, 3.8) is 0 Å². The second-order valence-corrected chi connectivity index (χ2v) is 5.77. The number of nitrogens with one attached hydrogen (secondary N) is 1. The van der Waals surface area contributed by atoms with Crippen LogP contribution in [0.25, 0.3) is 0 Å². The van der Waals surface area contributed by atoms with Crippen molar-refractivity contribution in [1.82, 2.24) is 4.98 Å². The molecule has 2 aromatic rings. The molecule has 0 aromatic carbocycles. The maximum Gasteiger partial charge on any atom is 0.126 e. The van der Waals surface area contributed by atoms with Crippen molar-refractivity contribution in [3.05, 3.63) is 43.6 Å². The van der Waals surface area contributed by atoms with Crippen LogP contribution in [-0.2, 0) is 6.54 Å². The zero-order chi connectivity index (χ0) is 10.7. The first-order chi connectivity index (χ1) is 7.24. The van der Waals surface area contributed by atoms with Crippen LogP contribution in [0.5, 0.6) is 0 Å². The lowest BCUT2D eigenvalue weighted by Gasteiger charge is -2.02. The van der Waals surface area contributed by atoms with Crippen molar-refractivity contribution in [1.29, 1.82) is 0 Å². The van der Waals surface area contributed by atoms with Crippen molar-refractivity contribution in [2.45, 2.75) is 6.54 Å². The minimum atomic E-state index is 0.810. The molecule has 2 nitrogen and oxygen atoms in total. The van der Waals surface area contributed by atoms with Gasteiger partial charge in [0.2, 0.25) is 0 Å². The van der Waals surface area contributed by atoms with Gasteiger partial charge in [-0.3, -0.25) is 0 Å². The number of hydrogen-bond donors (Lipinski definition) is 1. The Bertz CT molecular complexity index is 439. The molecule has 78 valence electrons. The topological polar surface area (TPSA) is 24.9 Å². The Morgan fingerprint density at radius 2 is 2.13 bits per heavy atom. The van der Waals surface area contributed by atoms with Gasteiger partial charge in [-0.2, -0.15) is 0 Å². The second kappa shape index (κ2) is 5.09. The average Bonchev–Trinajstić information content (AvgIpc) is 2.64. The van der Waals surface area contributed by atoms with E-state index in [0.717, 1.165) is 21.3 Å². The number of thiophene rings is 1. The van der Waals surface area contributed by atoms with E-state index in [1.165, 1.54) is 4.88 Å². The van der Waals surface area contributed by atoms with Gasteiger partial charge in [-0.25, -0.2) is 4.98 Å². The summed E-state index contributed by atoms with van der Waals surface area (Å²) in [4.78, 5) is 5.52. The van der Waals surface area contributed by atoms with Crippen LogP contribution in [0.3, 0.4) is 0 Å². The molecular weight excluding hydrogens is 340 g/mol. The van der Waals surface area contributed by atoms with E-state index in [-0.39, 0.29) is 0 Å². The summed E-state index contributed by atoms with van der Waals surface area (Å²) in [5, 5.41) is 5.33. The van der Waals surface area contributed by atoms with E-state index in [2.05, 4.69) is 53.6 Å². The van der Waals surface area contributed by atoms with Gasteiger partial charge in [-0.05, 0) is 50.1 Å². The van der Waals surface area contributed by atoms with Crippen LogP contribution in [0.15, 0.2) is 38.7 Å². The van der Waals surface area contributed by atoms with Crippen molar-refractivity contribution in [2.24, 2.45) is 0 Å². The van der Waals surface area contributed by atoms with Crippen molar-refractivity contribution in [3.8, 4) is 0 Å². The Labute approximate surface area is 109 Å². The van der Waals surface area contributed by atoms with Crippen molar-refractivity contribution < 1.29 is 0 Å². The molecule has 0 bridgehead atoms. The molecule has 0 aliphatic heterocycles. The summed E-state index contributed by atoms with van der Waals surface area (Å²) in [5.41, 5.74) is 0. The highest BCUT2D eigenvalue weighted by molar-refractivity contribution is 9.10. The number of hydrogen-bond acceptors (Lipinski definition) is 3. The smallest absolute Gasteiger partial charge is 0.126 e. The first-order valence-electron chi connectivity index (χ1n) is 4.32. The van der Waals surface area contributed by atoms with E-state index in [1.807, 2.05) is 12.1 Å². The summed E-state index contributed by atoms with van der Waals surface area (Å²) in [6.45, 7) is 0.810. The molecule has 0 fully saturated rings. The molecule has 0 saturated heterocycles. The summed E-state index contributed by atoms with van der Waals surface area (Å²) >= 11 is 8.50. The van der Waals surface area contributed by atoms with Gasteiger partial charge in [0.25, 0.3) is 0 Å². The van der Waals surface area contributed by atoms with Crippen LogP contribution in [-0.4, -0.2) is 4.98 Å². The van der Waals surface area contributed by atoms with E-state index in [0.29, 0.717) is 0 Å². The van der Waals surface area contributed by atoms with E-state index >= 15 is 0 Å². The molecule has 0 spiro atoms. The molecule has 2 heterocycles. The molecule has 2 aromatic heterocycles. The van der Waals surface area contributed by atoms with Gasteiger partial charge in [-0.15, -0.1) is 11.3 Å². The highest BCUT2D eigenvalue weighted by Gasteiger charge is 1.98. The van der Waals surface area contributed by atoms with Crippen molar-refractivity contribution >= 4 is 49.0 Å². The Balaban J connectivity index is 1.96. The molecule has 5 heteroatoms. The quantitative estimate of drug-likeness (QED) is 0.896. The molecular formula is C10H8Br2N2S. The fourth-order valence-electron chi connectivity index (χ4n) is 1.10. The standard InChI is InChI=1S/C10H8Br2N2S/c11-7-1-2-10(13-4-7)14-5-9-3-8(12)6-15-9/h1-4,6H,5H2,(H,13,14). The highest BCUT2D eigenvalue weighted by atomic mass is 79.9. The predicted octanol–water partition coefficient (Wildman–Crippen LogP) is 4.28. The van der Waals surface area contributed by atoms with E-state index < -0.39 is 0 Å². The van der Waals surface area contributed by atoms with E-state index in [9.17, 15) is 0 Å². The molecule has 1 N–H and O–H groups in total. The molecule has 0 amide bonds. The molecule has 0 atom stereocenters. The van der Waals surface area contributed by atoms with Gasteiger partial charge in [0.1, 0.15) is 5.82 Å². The number of halogens is 2. The number of aromatic nitrogens is 1. The summed E-state index contributed by atoms with van der Waals surface area (Å²) in [6, 6.07) is 6.03. The fraction of sp³-hybridized carbons (Fsp3) is 0.100. The summed E-state index contributed by atoms with van der Waals surface area (Å²) in [6.07, 6.45) is 1.78. The third kappa shape index (κ3) is 3.29. The Morgan fingerprint density at radius 1 is 1.27 bits per heavy atom. The second-order valence-electron chi connectivity index (χ2n) is 2.95. The third-order valence-electron chi connectivity index (χ3n) is 1.79. The average molecular weight is 348 g/mol. The Hall–Kier alpha value is -0.390. The molecule has 0 radical (unpaired) electrons. The number of pyridine rings is 1. The van der Waals surface area contributed by atoms with Crippen LogP contribution in [0.4, 0.5) is 5.82 Å². The monoisotopic (exact) mass is 346 g/mol. The molecule has 0 aliphatic carbocycles. The van der Waals surface area contributed by atoms with Gasteiger partial charge >= 0.3 is 0 Å². The summed E-state index contributed by atoms with van der Waals surface area (Å²) in [5.74, 6) is 0.891. The van der Waals surface area contributed by atoms with Gasteiger partial charge < -0.3 is 5.32 Å². The summed E-state index contributed by atoms with van der Waals surface area (Å²) in [7, 11) is 0. The summed E-state index contributed by atoms with van der Waals surface area (Å²) < 4.78 is 2.12. The van der Waals surface area contributed by atoms with Crippen LogP contribution >= 0.6 is 43.2 Å². The Morgan fingerprint density at radius 3 is 2.73 bits per heavy atom. The maximum absolute atomic E-state index is 4.24. The van der Waals surface area contributed by atoms with Gasteiger partial charge in [0, 0.05) is 25.4 Å². The lowest BCUT2D eigenvalue weighted by molar-refractivity contribution is 1.14. The van der Waals surface area contributed by atoms with E-state index in [1.54, 1.807) is 17.5 Å². The molecule has 15 heavy (non-hydrogen) atoms. The van der Waals surface area contributed by atoms with Gasteiger partial charge in [-0.1, -0.05) is 0 Å². The van der Waals surface area contributed by atoms with Crippen LogP contribution in [0.2, 0.25) is 0 Å². The van der Waals surface area contributed by atoms with E-state index in [4.69, 9.17) is 0 Å². The first-order valence-corrected chi connectivity index (χ1v) is 6.79. The predicted molar refractivity (Wildman–Crippen MR) is 71.3 cm³/mol. The normalized spacial score (nSPS) is 10.3. The van der Waals surface area contributed by atoms with Crippen LogP contribution in [0, 0.1) is 0 Å². The van der Waals surface area contributed by atoms with Crippen LogP contribution in [0.1, 0.15) is 4.88 Å². The zero-order valence-electron chi connectivity index (χ0n) is 7.71. The third-order valence-corrected chi connectivity index (χ3v) is 3.96. The van der Waals surface area contributed by atoms with Crippen LogP contribution < -0.4 is 5.32 Å². The highest BCUT2D eigenvalue weighted by Crippen LogP contribution is 2.20. The molecule has 0 aliphatic rings. The zero-order valence-corrected chi connectivity index (χ0v) is 11.7. The molecule has 0 unspecified atom stereocenters. The van der Waals surface area contributed by atoms with Gasteiger partial charge in [0.15, 0.2) is 0 Å². The lowest BCUT2D eigenvalue weighted by atomic mass is 10.4. The SMILES string of the molecule is Brc1ccc(NCc2cc(Br)cs2)nc1. The largest absolute Gasteiger partial charge is 0.365 e. The number of nitrogens with zero attached hydrogens (tertiary/aromatic N) is 1. The molecule has 2 rings (SSSR count). The Kier molecular flexibility index (Phi) is 3.77. The first kappa shape index (κ1) is 11.1. The van der Waals surface area contributed by atoms with Gasteiger partial charge in [0.05, 0.1) is 6.54 Å². The molecule has 0 saturated carbocycles. The fourth-order valence-corrected chi connectivity index (χ4v) is 2.73. The lowest BCUT2D eigenvalue weighted by Crippen LogP contribution is -1.98. The number of rotatable bonds is 3. The van der Waals surface area contributed by atoms with Crippen molar-refractivity contribution in [2.75, 3.05) is 5.32 Å². The maximum atomic E-state index is 4.24. The number of anilines is 1. The minimum absolute atomic E-state index is 0.810. The minimum Gasteiger partial charge on any atom is -0.365 e.